The van der Waals surface area contributed by atoms with Crippen molar-refractivity contribution in [2.75, 3.05) is 5.32 Å². The van der Waals surface area contributed by atoms with Crippen molar-refractivity contribution in [2.24, 2.45) is 5.10 Å². The number of carbonyl (C=O) groups is 2. The third kappa shape index (κ3) is 7.61. The van der Waals surface area contributed by atoms with Crippen LogP contribution in [0.15, 0.2) is 60.0 Å². The smallest absolute Gasteiger partial charge is 0.305 e. The van der Waals surface area contributed by atoms with Gasteiger partial charge in [0.1, 0.15) is 0 Å². The molecule has 1 aromatic heterocycles. The molecule has 9 nitrogen and oxygen atoms in total. The van der Waals surface area contributed by atoms with Gasteiger partial charge >= 0.3 is 5.91 Å². The van der Waals surface area contributed by atoms with Crippen LogP contribution in [-0.4, -0.2) is 22.4 Å². The van der Waals surface area contributed by atoms with Gasteiger partial charge in [0.2, 0.25) is 12.5 Å². The number of pyridine rings is 1. The van der Waals surface area contributed by atoms with Gasteiger partial charge in [0, 0.05) is 35.7 Å². The number of halogens is 1. The van der Waals surface area contributed by atoms with Gasteiger partial charge in [-0.05, 0) is 13.0 Å². The van der Waals surface area contributed by atoms with Crippen LogP contribution in [0.3, 0.4) is 0 Å². The first-order chi connectivity index (χ1) is 12.4. The van der Waals surface area contributed by atoms with Crippen molar-refractivity contribution in [1.29, 1.82) is 0 Å². The number of rotatable bonds is 7. The van der Waals surface area contributed by atoms with Crippen molar-refractivity contribution >= 4 is 28.9 Å². The molecule has 0 aliphatic heterocycles. The summed E-state index contributed by atoms with van der Waals surface area (Å²) in [5.41, 5.74) is 2.99. The van der Waals surface area contributed by atoms with Gasteiger partial charge in [0.25, 0.3) is 5.69 Å². The average Bonchev–Trinajstić information content (AvgIpc) is 2.61. The molecule has 2 amide bonds. The van der Waals surface area contributed by atoms with Gasteiger partial charge in [-0.1, -0.05) is 12.1 Å². The van der Waals surface area contributed by atoms with E-state index in [1.54, 1.807) is 42.1 Å². The highest BCUT2D eigenvalue weighted by molar-refractivity contribution is 6.05. The molecule has 0 aliphatic carbocycles. The minimum Gasteiger partial charge on any atom is -1.00 e. The molecule has 0 spiro atoms. The zero-order valence-electron chi connectivity index (χ0n) is 14.5. The number of anilines is 1. The highest BCUT2D eigenvalue weighted by atomic mass is 35.5. The SMILES string of the molecule is C/C(CC(=O)Nc1cccc([N+](=O)[O-])c1)=N\NC(=O)C[n+]1ccccc1.[Cl-]. The number of carbonyl (C=O) groups excluding carboxylic acids is 2. The Bertz CT molecular complexity index is 842. The predicted octanol–water partition coefficient (Wildman–Crippen LogP) is -1.59. The fourth-order valence-electron chi connectivity index (χ4n) is 2.07. The molecule has 2 aromatic rings. The van der Waals surface area contributed by atoms with E-state index in [-0.39, 0.29) is 37.0 Å². The number of nitro groups is 1. The molecule has 0 radical (unpaired) electrons. The summed E-state index contributed by atoms with van der Waals surface area (Å²) in [7, 11) is 0. The van der Waals surface area contributed by atoms with Crippen molar-refractivity contribution in [3.63, 3.8) is 0 Å². The van der Waals surface area contributed by atoms with E-state index >= 15 is 0 Å². The van der Waals surface area contributed by atoms with E-state index in [2.05, 4.69) is 15.8 Å². The van der Waals surface area contributed by atoms with Crippen molar-refractivity contribution in [3.8, 4) is 0 Å². The molecular formula is C17H18ClN5O4. The van der Waals surface area contributed by atoms with E-state index in [0.717, 1.165) is 0 Å². The third-order valence-corrected chi connectivity index (χ3v) is 3.23. The van der Waals surface area contributed by atoms with Gasteiger partial charge < -0.3 is 17.7 Å². The van der Waals surface area contributed by atoms with Crippen LogP contribution in [0.4, 0.5) is 11.4 Å². The lowest BCUT2D eigenvalue weighted by Crippen LogP contribution is -3.00. The number of hydrogen-bond acceptors (Lipinski definition) is 5. The van der Waals surface area contributed by atoms with Gasteiger partial charge in [-0.3, -0.25) is 19.7 Å². The lowest BCUT2D eigenvalue weighted by atomic mass is 10.2. The van der Waals surface area contributed by atoms with Gasteiger partial charge in [0.05, 0.1) is 11.3 Å². The number of nitrogens with one attached hydrogen (secondary N) is 2. The summed E-state index contributed by atoms with van der Waals surface area (Å²) >= 11 is 0. The third-order valence-electron chi connectivity index (χ3n) is 3.23. The fraction of sp³-hybridized carbons (Fsp3) is 0.176. The van der Waals surface area contributed by atoms with Crippen LogP contribution >= 0.6 is 0 Å². The van der Waals surface area contributed by atoms with Crippen LogP contribution in [0.5, 0.6) is 0 Å². The number of benzene rings is 1. The number of nitro benzene ring substituents is 1. The first-order valence-electron chi connectivity index (χ1n) is 7.74. The molecule has 10 heteroatoms. The van der Waals surface area contributed by atoms with E-state index in [0.29, 0.717) is 11.4 Å². The summed E-state index contributed by atoms with van der Waals surface area (Å²) in [4.78, 5) is 33.9. The summed E-state index contributed by atoms with van der Waals surface area (Å²) in [5.74, 6) is -0.710. The minimum absolute atomic E-state index is 0. The molecule has 0 saturated heterocycles. The van der Waals surface area contributed by atoms with Crippen LogP contribution in [0.2, 0.25) is 0 Å². The second-order valence-electron chi connectivity index (χ2n) is 5.46. The van der Waals surface area contributed by atoms with E-state index in [1.165, 1.54) is 18.2 Å². The summed E-state index contributed by atoms with van der Waals surface area (Å²) in [5, 5.41) is 17.2. The van der Waals surface area contributed by atoms with Gasteiger partial charge in [-0.15, -0.1) is 0 Å². The van der Waals surface area contributed by atoms with Crippen molar-refractivity contribution in [2.45, 2.75) is 19.9 Å². The second kappa shape index (κ2) is 10.6. The van der Waals surface area contributed by atoms with Gasteiger partial charge in [-0.25, -0.2) is 5.43 Å². The fourth-order valence-corrected chi connectivity index (χ4v) is 2.07. The number of hydrazone groups is 1. The van der Waals surface area contributed by atoms with Crippen LogP contribution < -0.4 is 27.7 Å². The molecule has 0 saturated carbocycles. The molecule has 2 N–H and O–H groups in total. The maximum atomic E-state index is 12.0. The van der Waals surface area contributed by atoms with Crippen molar-refractivity contribution in [1.82, 2.24) is 5.43 Å². The maximum Gasteiger partial charge on any atom is 0.305 e. The van der Waals surface area contributed by atoms with Crippen LogP contribution in [0, 0.1) is 10.1 Å². The monoisotopic (exact) mass is 391 g/mol. The largest absolute Gasteiger partial charge is 1.00 e. The Morgan fingerprint density at radius 1 is 1.15 bits per heavy atom. The molecular weight excluding hydrogens is 374 g/mol. The van der Waals surface area contributed by atoms with Crippen molar-refractivity contribution < 1.29 is 31.5 Å². The van der Waals surface area contributed by atoms with Gasteiger partial charge in [-0.2, -0.15) is 9.67 Å². The Morgan fingerprint density at radius 2 is 1.85 bits per heavy atom. The molecule has 27 heavy (non-hydrogen) atoms. The molecule has 1 heterocycles. The summed E-state index contributed by atoms with van der Waals surface area (Å²) < 4.78 is 1.69. The summed E-state index contributed by atoms with van der Waals surface area (Å²) in [6, 6.07) is 11.1. The van der Waals surface area contributed by atoms with Crippen LogP contribution in [0.1, 0.15) is 13.3 Å². The number of aromatic nitrogens is 1. The Labute approximate surface area is 161 Å². The lowest BCUT2D eigenvalue weighted by molar-refractivity contribution is -0.684. The molecule has 2 rings (SSSR count). The second-order valence-corrected chi connectivity index (χ2v) is 5.46. The minimum atomic E-state index is -0.539. The molecule has 0 unspecified atom stereocenters. The van der Waals surface area contributed by atoms with Gasteiger partial charge in [0.15, 0.2) is 12.4 Å². The maximum absolute atomic E-state index is 12.0. The number of amides is 2. The van der Waals surface area contributed by atoms with Crippen molar-refractivity contribution in [3.05, 3.63) is 65.0 Å². The van der Waals surface area contributed by atoms with E-state index < -0.39 is 10.8 Å². The van der Waals surface area contributed by atoms with Crippen LogP contribution in [-0.2, 0) is 16.1 Å². The van der Waals surface area contributed by atoms with Crippen LogP contribution in [0.25, 0.3) is 0 Å². The zero-order chi connectivity index (χ0) is 18.9. The number of nitrogens with zero attached hydrogens (tertiary/aromatic N) is 3. The quantitative estimate of drug-likeness (QED) is 0.256. The molecule has 0 bridgehead atoms. The molecule has 1 aromatic carbocycles. The van der Waals surface area contributed by atoms with E-state index in [1.807, 2.05) is 6.07 Å². The Morgan fingerprint density at radius 3 is 2.52 bits per heavy atom. The Balaban J connectivity index is 0.00000364. The number of non-ortho nitro benzene ring substituents is 1. The summed E-state index contributed by atoms with van der Waals surface area (Å²) in [6.07, 6.45) is 3.45. The molecule has 142 valence electrons. The summed E-state index contributed by atoms with van der Waals surface area (Å²) in [6.45, 7) is 1.71. The highest BCUT2D eigenvalue weighted by Gasteiger charge is 2.10. The molecule has 0 fully saturated rings. The first-order valence-corrected chi connectivity index (χ1v) is 7.74. The molecule has 0 aliphatic rings. The normalized spacial score (nSPS) is 10.5. The predicted molar refractivity (Wildman–Crippen MR) is 94.2 cm³/mol. The number of hydrogen-bond donors (Lipinski definition) is 2. The Kier molecular flexibility index (Phi) is 8.54. The topological polar surface area (TPSA) is 118 Å². The highest BCUT2D eigenvalue weighted by Crippen LogP contribution is 2.17. The average molecular weight is 392 g/mol. The zero-order valence-corrected chi connectivity index (χ0v) is 15.2. The molecule has 0 atom stereocenters. The van der Waals surface area contributed by atoms with E-state index in [4.69, 9.17) is 0 Å². The lowest BCUT2D eigenvalue weighted by Gasteiger charge is -2.05. The standard InChI is InChI=1S/C17H17N5O4.ClH/c1-13(19-20-17(24)12-21-8-3-2-4-9-21)10-16(23)18-14-6-5-7-15(11-14)22(25)26;/h2-9,11H,10,12H2,1H3,(H-,18,20,23,24);1H/b19-13+;. The van der Waals surface area contributed by atoms with E-state index in [9.17, 15) is 19.7 Å². The first kappa shape index (κ1) is 21.7. The Hall–Kier alpha value is -3.33.